The molecule has 0 radical (unpaired) electrons. The van der Waals surface area contributed by atoms with Gasteiger partial charge in [0.05, 0.1) is 0 Å². The summed E-state index contributed by atoms with van der Waals surface area (Å²) in [5.74, 6) is 0. The molecule has 6 aromatic rings. The zero-order chi connectivity index (χ0) is 18.2. The standard InChI is InChI=1S/C28H16/c1-2-8-20-17(5-1)11-13-22-21(20)14-12-19-15-26-23-9-3-6-18-7-4-10-24(28(18)23)27(26)16-25(19)22/h1-16H. The van der Waals surface area contributed by atoms with E-state index in [1.807, 2.05) is 0 Å². The van der Waals surface area contributed by atoms with Crippen molar-refractivity contribution in [2.45, 2.75) is 0 Å². The highest BCUT2D eigenvalue weighted by molar-refractivity contribution is 6.22. The molecule has 0 nitrogen and oxygen atoms in total. The van der Waals surface area contributed by atoms with Crippen molar-refractivity contribution in [1.29, 1.82) is 0 Å². The summed E-state index contributed by atoms with van der Waals surface area (Å²) in [7, 11) is 0. The van der Waals surface area contributed by atoms with E-state index >= 15 is 0 Å². The van der Waals surface area contributed by atoms with Gasteiger partial charge < -0.3 is 0 Å². The fourth-order valence-electron chi connectivity index (χ4n) is 5.11. The van der Waals surface area contributed by atoms with Crippen LogP contribution in [-0.4, -0.2) is 0 Å². The molecule has 0 saturated carbocycles. The maximum Gasteiger partial charge on any atom is -0.00264 e. The van der Waals surface area contributed by atoms with Gasteiger partial charge in [-0.1, -0.05) is 84.9 Å². The van der Waals surface area contributed by atoms with Crippen molar-refractivity contribution in [2.24, 2.45) is 0 Å². The second-order valence-corrected chi connectivity index (χ2v) is 7.78. The van der Waals surface area contributed by atoms with Crippen molar-refractivity contribution >= 4 is 43.1 Å². The molecule has 0 heteroatoms. The molecule has 128 valence electrons. The lowest BCUT2D eigenvalue weighted by Crippen LogP contribution is -1.83. The second-order valence-electron chi connectivity index (χ2n) is 7.78. The van der Waals surface area contributed by atoms with E-state index in [1.165, 1.54) is 65.3 Å². The third-order valence-corrected chi connectivity index (χ3v) is 6.37. The molecule has 7 rings (SSSR count). The molecule has 0 N–H and O–H groups in total. The van der Waals surface area contributed by atoms with Crippen molar-refractivity contribution in [1.82, 2.24) is 0 Å². The van der Waals surface area contributed by atoms with E-state index in [-0.39, 0.29) is 0 Å². The van der Waals surface area contributed by atoms with E-state index < -0.39 is 0 Å². The van der Waals surface area contributed by atoms with E-state index in [4.69, 9.17) is 0 Å². The molecule has 0 atom stereocenters. The molecule has 0 amide bonds. The number of hydrogen-bond donors (Lipinski definition) is 0. The maximum absolute atomic E-state index is 2.41. The minimum atomic E-state index is 1.30. The minimum Gasteiger partial charge on any atom is -0.0616 e. The van der Waals surface area contributed by atoms with Gasteiger partial charge in [-0.3, -0.25) is 0 Å². The molecule has 0 spiro atoms. The van der Waals surface area contributed by atoms with E-state index in [2.05, 4.69) is 97.1 Å². The van der Waals surface area contributed by atoms with Crippen LogP contribution >= 0.6 is 0 Å². The monoisotopic (exact) mass is 352 g/mol. The third-order valence-electron chi connectivity index (χ3n) is 6.37. The van der Waals surface area contributed by atoms with Crippen molar-refractivity contribution in [3.05, 3.63) is 97.1 Å². The third kappa shape index (κ3) is 1.70. The molecule has 0 aliphatic heterocycles. The van der Waals surface area contributed by atoms with Crippen molar-refractivity contribution in [3.63, 3.8) is 0 Å². The summed E-state index contributed by atoms with van der Waals surface area (Å²) < 4.78 is 0. The van der Waals surface area contributed by atoms with Crippen LogP contribution in [0.1, 0.15) is 0 Å². The van der Waals surface area contributed by atoms with E-state index in [0.29, 0.717) is 0 Å². The summed E-state index contributed by atoms with van der Waals surface area (Å²) in [6.07, 6.45) is 0. The molecule has 0 unspecified atom stereocenters. The molecular weight excluding hydrogens is 336 g/mol. The normalized spacial score (nSPS) is 12.3. The minimum absolute atomic E-state index is 1.30. The highest BCUT2D eigenvalue weighted by Gasteiger charge is 2.21. The Labute approximate surface area is 162 Å². The summed E-state index contributed by atoms with van der Waals surface area (Å²) in [6, 6.07) is 35.9. The van der Waals surface area contributed by atoms with Gasteiger partial charge in [-0.15, -0.1) is 0 Å². The Morgan fingerprint density at radius 2 is 0.964 bits per heavy atom. The van der Waals surface area contributed by atoms with Crippen LogP contribution in [0, 0.1) is 0 Å². The molecule has 28 heavy (non-hydrogen) atoms. The molecule has 6 aromatic carbocycles. The van der Waals surface area contributed by atoms with Crippen molar-refractivity contribution in [2.75, 3.05) is 0 Å². The van der Waals surface area contributed by atoms with Gasteiger partial charge in [-0.2, -0.15) is 0 Å². The molecule has 0 fully saturated rings. The second kappa shape index (κ2) is 4.99. The van der Waals surface area contributed by atoms with Crippen LogP contribution in [0.3, 0.4) is 0 Å². The highest BCUT2D eigenvalue weighted by Crippen LogP contribution is 2.49. The lowest BCUT2D eigenvalue weighted by Gasteiger charge is -2.10. The SMILES string of the molecule is c1cc2c3c(cccc3c1)-c1cc3c(ccc4c5ccccc5ccc34)cc1-2. The molecule has 1 aliphatic rings. The summed E-state index contributed by atoms with van der Waals surface area (Å²) >= 11 is 0. The number of fused-ring (bicyclic) bond motifs is 8. The van der Waals surface area contributed by atoms with Gasteiger partial charge in [0.25, 0.3) is 0 Å². The lowest BCUT2D eigenvalue weighted by atomic mass is 9.93. The lowest BCUT2D eigenvalue weighted by molar-refractivity contribution is 1.75. The topological polar surface area (TPSA) is 0 Å². The zero-order valence-electron chi connectivity index (χ0n) is 15.2. The average Bonchev–Trinajstić information content (AvgIpc) is 3.07. The summed E-state index contributed by atoms with van der Waals surface area (Å²) in [4.78, 5) is 0. The van der Waals surface area contributed by atoms with Crippen LogP contribution in [0.4, 0.5) is 0 Å². The Morgan fingerprint density at radius 1 is 0.321 bits per heavy atom. The van der Waals surface area contributed by atoms with Crippen LogP contribution in [0.5, 0.6) is 0 Å². The molecule has 1 aliphatic carbocycles. The Morgan fingerprint density at radius 3 is 1.79 bits per heavy atom. The fraction of sp³-hybridized carbons (Fsp3) is 0. The van der Waals surface area contributed by atoms with Gasteiger partial charge in [-0.05, 0) is 77.5 Å². The van der Waals surface area contributed by atoms with E-state index in [1.54, 1.807) is 0 Å². The number of hydrogen-bond acceptors (Lipinski definition) is 0. The van der Waals surface area contributed by atoms with Crippen molar-refractivity contribution in [3.8, 4) is 22.3 Å². The van der Waals surface area contributed by atoms with Crippen LogP contribution in [-0.2, 0) is 0 Å². The van der Waals surface area contributed by atoms with Crippen LogP contribution in [0.2, 0.25) is 0 Å². The summed E-state index contributed by atoms with van der Waals surface area (Å²) in [5.41, 5.74) is 5.45. The van der Waals surface area contributed by atoms with Crippen LogP contribution in [0.15, 0.2) is 97.1 Å². The zero-order valence-corrected chi connectivity index (χ0v) is 15.2. The van der Waals surface area contributed by atoms with Crippen LogP contribution < -0.4 is 0 Å². The Hall–Kier alpha value is -3.64. The molecule has 0 heterocycles. The highest BCUT2D eigenvalue weighted by atomic mass is 14.2. The van der Waals surface area contributed by atoms with Gasteiger partial charge in [-0.25, -0.2) is 0 Å². The van der Waals surface area contributed by atoms with Crippen molar-refractivity contribution < 1.29 is 0 Å². The fourth-order valence-corrected chi connectivity index (χ4v) is 5.11. The van der Waals surface area contributed by atoms with E-state index in [9.17, 15) is 0 Å². The predicted octanol–water partition coefficient (Wildman–Crippen LogP) is 7.95. The van der Waals surface area contributed by atoms with Gasteiger partial charge in [0.2, 0.25) is 0 Å². The quantitative estimate of drug-likeness (QED) is 0.243. The van der Waals surface area contributed by atoms with Gasteiger partial charge in [0.1, 0.15) is 0 Å². The number of benzene rings is 6. The Bertz CT molecular complexity index is 1600. The van der Waals surface area contributed by atoms with E-state index in [0.717, 1.165) is 0 Å². The molecule has 0 bridgehead atoms. The maximum atomic E-state index is 2.41. The predicted molar refractivity (Wildman–Crippen MR) is 121 cm³/mol. The first-order chi connectivity index (χ1) is 13.9. The average molecular weight is 352 g/mol. The molecular formula is C28H16. The molecule has 0 aromatic heterocycles. The first-order valence-electron chi connectivity index (χ1n) is 9.79. The first-order valence-corrected chi connectivity index (χ1v) is 9.79. The van der Waals surface area contributed by atoms with Crippen LogP contribution in [0.25, 0.3) is 65.3 Å². The number of rotatable bonds is 0. The first kappa shape index (κ1) is 14.4. The van der Waals surface area contributed by atoms with Gasteiger partial charge >= 0.3 is 0 Å². The summed E-state index contributed by atoms with van der Waals surface area (Å²) in [5, 5.41) is 10.7. The van der Waals surface area contributed by atoms with Gasteiger partial charge in [0.15, 0.2) is 0 Å². The summed E-state index contributed by atoms with van der Waals surface area (Å²) in [6.45, 7) is 0. The largest absolute Gasteiger partial charge is 0.0616 e. The van der Waals surface area contributed by atoms with Gasteiger partial charge in [0, 0.05) is 0 Å². The smallest absolute Gasteiger partial charge is 0.00264 e. The Kier molecular flexibility index (Phi) is 2.57. The molecule has 0 saturated heterocycles. The Balaban J connectivity index is 1.65.